The van der Waals surface area contributed by atoms with Crippen molar-refractivity contribution < 1.29 is 4.79 Å². The van der Waals surface area contributed by atoms with Gasteiger partial charge in [-0.3, -0.25) is 0 Å². The minimum atomic E-state index is -0.111. The summed E-state index contributed by atoms with van der Waals surface area (Å²) >= 11 is 0. The lowest BCUT2D eigenvalue weighted by Crippen LogP contribution is -1.95. The number of aromatic nitrogens is 2. The Balaban J connectivity index is 2.76. The SMILES string of the molecule is CC(C=O)c1ncc[nH]1. The van der Waals surface area contributed by atoms with Crippen LogP contribution >= 0.6 is 0 Å². The second-order valence-electron chi connectivity index (χ2n) is 1.90. The van der Waals surface area contributed by atoms with Crippen molar-refractivity contribution in [3.63, 3.8) is 0 Å². The lowest BCUT2D eigenvalue weighted by molar-refractivity contribution is -0.108. The van der Waals surface area contributed by atoms with Crippen LogP contribution in [0.4, 0.5) is 0 Å². The van der Waals surface area contributed by atoms with E-state index < -0.39 is 0 Å². The van der Waals surface area contributed by atoms with E-state index >= 15 is 0 Å². The summed E-state index contributed by atoms with van der Waals surface area (Å²) in [6.07, 6.45) is 4.20. The van der Waals surface area contributed by atoms with E-state index in [1.807, 2.05) is 0 Å². The van der Waals surface area contributed by atoms with E-state index in [4.69, 9.17) is 0 Å². The van der Waals surface area contributed by atoms with Gasteiger partial charge in [-0.05, 0) is 6.92 Å². The monoisotopic (exact) mass is 124 g/mol. The standard InChI is InChI=1S/C6H8N2O/c1-5(4-9)6-7-2-3-8-6/h2-5H,1H3,(H,7,8). The van der Waals surface area contributed by atoms with Gasteiger partial charge in [0.25, 0.3) is 0 Å². The first-order valence-electron chi connectivity index (χ1n) is 2.79. The second kappa shape index (κ2) is 2.44. The number of carbonyl (C=O) groups is 1. The van der Waals surface area contributed by atoms with Crippen LogP contribution in [-0.4, -0.2) is 16.3 Å². The van der Waals surface area contributed by atoms with Gasteiger partial charge in [-0.2, -0.15) is 0 Å². The summed E-state index contributed by atoms with van der Waals surface area (Å²) in [7, 11) is 0. The molecule has 48 valence electrons. The summed E-state index contributed by atoms with van der Waals surface area (Å²) < 4.78 is 0. The molecule has 1 aromatic rings. The van der Waals surface area contributed by atoms with Crippen molar-refractivity contribution in [3.8, 4) is 0 Å². The highest BCUT2D eigenvalue weighted by atomic mass is 16.1. The molecule has 3 nitrogen and oxygen atoms in total. The van der Waals surface area contributed by atoms with E-state index in [2.05, 4.69) is 9.97 Å². The molecule has 1 N–H and O–H groups in total. The Labute approximate surface area is 53.1 Å². The molecule has 1 aromatic heterocycles. The molecule has 1 heterocycles. The second-order valence-corrected chi connectivity index (χ2v) is 1.90. The summed E-state index contributed by atoms with van der Waals surface area (Å²) in [5, 5.41) is 0. The molecule has 0 saturated carbocycles. The van der Waals surface area contributed by atoms with Crippen molar-refractivity contribution in [2.45, 2.75) is 12.8 Å². The number of aldehydes is 1. The summed E-state index contributed by atoms with van der Waals surface area (Å²) in [6, 6.07) is 0. The molecule has 9 heavy (non-hydrogen) atoms. The number of aromatic amines is 1. The van der Waals surface area contributed by atoms with Crippen LogP contribution in [0.3, 0.4) is 0 Å². The number of hydrogen-bond acceptors (Lipinski definition) is 2. The number of carbonyl (C=O) groups excluding carboxylic acids is 1. The Kier molecular flexibility index (Phi) is 1.63. The predicted molar refractivity (Wildman–Crippen MR) is 33.1 cm³/mol. The average Bonchev–Trinajstić information content (AvgIpc) is 2.37. The van der Waals surface area contributed by atoms with Crippen molar-refractivity contribution in [1.29, 1.82) is 0 Å². The fraction of sp³-hybridized carbons (Fsp3) is 0.333. The minimum absolute atomic E-state index is 0.111. The van der Waals surface area contributed by atoms with E-state index in [9.17, 15) is 4.79 Å². The number of nitrogens with zero attached hydrogens (tertiary/aromatic N) is 1. The highest BCUT2D eigenvalue weighted by molar-refractivity contribution is 5.58. The van der Waals surface area contributed by atoms with E-state index in [1.54, 1.807) is 19.3 Å². The van der Waals surface area contributed by atoms with Crippen LogP contribution in [0.1, 0.15) is 18.7 Å². The molecule has 3 heteroatoms. The molecule has 1 atom stereocenters. The maximum atomic E-state index is 10.1. The van der Waals surface area contributed by atoms with E-state index in [0.29, 0.717) is 0 Å². The molecule has 1 unspecified atom stereocenters. The number of imidazole rings is 1. The van der Waals surface area contributed by atoms with Gasteiger partial charge in [0.05, 0.1) is 5.92 Å². The van der Waals surface area contributed by atoms with Gasteiger partial charge in [0.15, 0.2) is 0 Å². The van der Waals surface area contributed by atoms with Crippen LogP contribution in [0, 0.1) is 0 Å². The lowest BCUT2D eigenvalue weighted by Gasteiger charge is -1.94. The van der Waals surface area contributed by atoms with Crippen LogP contribution in [-0.2, 0) is 4.79 Å². The molecule has 0 amide bonds. The van der Waals surface area contributed by atoms with Crippen molar-refractivity contribution in [2.75, 3.05) is 0 Å². The molecule has 0 aliphatic rings. The van der Waals surface area contributed by atoms with Gasteiger partial charge in [-0.1, -0.05) is 0 Å². The molecule has 0 aliphatic carbocycles. The minimum Gasteiger partial charge on any atom is -0.348 e. The van der Waals surface area contributed by atoms with Crippen molar-refractivity contribution in [3.05, 3.63) is 18.2 Å². The Hall–Kier alpha value is -1.12. The first-order valence-corrected chi connectivity index (χ1v) is 2.79. The largest absolute Gasteiger partial charge is 0.348 e. The highest BCUT2D eigenvalue weighted by Gasteiger charge is 2.03. The summed E-state index contributed by atoms with van der Waals surface area (Å²) in [5.41, 5.74) is 0. The van der Waals surface area contributed by atoms with Gasteiger partial charge < -0.3 is 9.78 Å². The summed E-state index contributed by atoms with van der Waals surface area (Å²) in [5.74, 6) is 0.616. The molecule has 0 saturated heterocycles. The van der Waals surface area contributed by atoms with E-state index in [0.717, 1.165) is 12.1 Å². The number of nitrogens with one attached hydrogen (secondary N) is 1. The van der Waals surface area contributed by atoms with Crippen molar-refractivity contribution >= 4 is 6.29 Å². The Morgan fingerprint density at radius 3 is 3.11 bits per heavy atom. The number of rotatable bonds is 2. The summed E-state index contributed by atoms with van der Waals surface area (Å²) in [4.78, 5) is 16.9. The molecular formula is C6H8N2O. The zero-order valence-corrected chi connectivity index (χ0v) is 5.16. The molecule has 0 aliphatic heterocycles. The molecular weight excluding hydrogens is 116 g/mol. The smallest absolute Gasteiger partial charge is 0.130 e. The third-order valence-electron chi connectivity index (χ3n) is 1.15. The molecule has 0 aromatic carbocycles. The lowest BCUT2D eigenvalue weighted by atomic mass is 10.2. The van der Waals surface area contributed by atoms with E-state index in [1.165, 1.54) is 0 Å². The molecule has 0 bridgehead atoms. The van der Waals surface area contributed by atoms with Crippen LogP contribution in [0.2, 0.25) is 0 Å². The van der Waals surface area contributed by atoms with Crippen LogP contribution < -0.4 is 0 Å². The topological polar surface area (TPSA) is 45.8 Å². The molecule has 0 radical (unpaired) electrons. The maximum absolute atomic E-state index is 10.1. The Bertz CT molecular complexity index is 181. The average molecular weight is 124 g/mol. The fourth-order valence-corrected chi connectivity index (χ4v) is 0.591. The van der Waals surface area contributed by atoms with Gasteiger partial charge in [0, 0.05) is 12.4 Å². The molecule has 1 rings (SSSR count). The normalized spacial score (nSPS) is 13.0. The van der Waals surface area contributed by atoms with E-state index in [-0.39, 0.29) is 5.92 Å². The third-order valence-corrected chi connectivity index (χ3v) is 1.15. The number of hydrogen-bond donors (Lipinski definition) is 1. The van der Waals surface area contributed by atoms with Crippen LogP contribution in [0.25, 0.3) is 0 Å². The van der Waals surface area contributed by atoms with Crippen LogP contribution in [0.15, 0.2) is 12.4 Å². The molecule has 0 spiro atoms. The quantitative estimate of drug-likeness (QED) is 0.590. The van der Waals surface area contributed by atoms with Gasteiger partial charge >= 0.3 is 0 Å². The Morgan fingerprint density at radius 2 is 2.67 bits per heavy atom. The van der Waals surface area contributed by atoms with Gasteiger partial charge in [-0.25, -0.2) is 4.98 Å². The summed E-state index contributed by atoms with van der Waals surface area (Å²) in [6.45, 7) is 1.80. The fourth-order valence-electron chi connectivity index (χ4n) is 0.591. The van der Waals surface area contributed by atoms with Crippen LogP contribution in [0.5, 0.6) is 0 Å². The maximum Gasteiger partial charge on any atom is 0.130 e. The number of H-pyrrole nitrogens is 1. The van der Waals surface area contributed by atoms with Gasteiger partial charge in [0.2, 0.25) is 0 Å². The Morgan fingerprint density at radius 1 is 1.89 bits per heavy atom. The predicted octanol–water partition coefficient (Wildman–Crippen LogP) is 0.712. The first-order chi connectivity index (χ1) is 4.34. The zero-order chi connectivity index (χ0) is 6.69. The first kappa shape index (κ1) is 6.01. The van der Waals surface area contributed by atoms with Gasteiger partial charge in [0.1, 0.15) is 12.1 Å². The van der Waals surface area contributed by atoms with Gasteiger partial charge in [-0.15, -0.1) is 0 Å². The zero-order valence-electron chi connectivity index (χ0n) is 5.16. The van der Waals surface area contributed by atoms with Crippen molar-refractivity contribution in [2.24, 2.45) is 0 Å². The third kappa shape index (κ3) is 1.16. The highest BCUT2D eigenvalue weighted by Crippen LogP contribution is 2.03. The van der Waals surface area contributed by atoms with Crippen molar-refractivity contribution in [1.82, 2.24) is 9.97 Å². The molecule has 0 fully saturated rings.